The first-order valence-electron chi connectivity index (χ1n) is 13.3. The number of unbranched alkanes of at least 4 members (excludes halogenated alkanes) is 17. The van der Waals surface area contributed by atoms with Gasteiger partial charge in [0.2, 0.25) is 0 Å². The highest BCUT2D eigenvalue weighted by atomic mass is 16.5. The summed E-state index contributed by atoms with van der Waals surface area (Å²) in [5.74, 6) is -1.14. The van der Waals surface area contributed by atoms with Crippen LogP contribution in [0.1, 0.15) is 135 Å². The summed E-state index contributed by atoms with van der Waals surface area (Å²) in [6.45, 7) is 4.04. The van der Waals surface area contributed by atoms with Crippen LogP contribution in [0.5, 0.6) is 0 Å². The molecule has 0 aliphatic carbocycles. The van der Waals surface area contributed by atoms with Crippen molar-refractivity contribution in [1.29, 1.82) is 0 Å². The number of aliphatic hydroxyl groups is 1. The van der Waals surface area contributed by atoms with Gasteiger partial charge < -0.3 is 14.9 Å². The zero-order valence-electron chi connectivity index (χ0n) is 20.5. The second-order valence-electron chi connectivity index (χ2n) is 8.97. The number of carbonyl (C=O) groups is 1. The molecule has 1 unspecified atom stereocenters. The lowest BCUT2D eigenvalue weighted by molar-refractivity contribution is -0.146. The molecule has 0 radical (unpaired) electrons. The number of allylic oxidation sites excluding steroid dienone is 1. The number of ether oxygens (including phenoxy) is 1. The molecule has 4 nitrogen and oxygen atoms in total. The molecular weight excluding hydrogens is 388 g/mol. The number of carboxylic acid groups (broad SMARTS) is 1. The third kappa shape index (κ3) is 25.3. The van der Waals surface area contributed by atoms with E-state index in [0.29, 0.717) is 0 Å². The molecule has 2 N–H and O–H groups in total. The van der Waals surface area contributed by atoms with Crippen LogP contribution in [0.2, 0.25) is 0 Å². The van der Waals surface area contributed by atoms with Gasteiger partial charge in [-0.3, -0.25) is 0 Å². The predicted octanol–water partition coefficient (Wildman–Crippen LogP) is 7.83. The molecule has 1 atom stereocenters. The fourth-order valence-electron chi connectivity index (χ4n) is 3.81. The fraction of sp³-hybridized carbons (Fsp3) is 0.889. The van der Waals surface area contributed by atoms with E-state index in [1.165, 1.54) is 103 Å². The van der Waals surface area contributed by atoms with Crippen LogP contribution in [0.15, 0.2) is 12.2 Å². The summed E-state index contributed by atoms with van der Waals surface area (Å²) in [6, 6.07) is 0. The standard InChI is InChI=1S/C27H52O4/c1-2-24-31-25-22-20-18-16-14-12-10-8-6-4-3-5-7-9-11-13-15-17-19-21-23-26(28)27(29)30/h19,21,26,28H,2-18,20,22-25H2,1H3,(H,29,30). The Bertz CT molecular complexity index is 395. The molecule has 31 heavy (non-hydrogen) atoms. The van der Waals surface area contributed by atoms with Crippen molar-refractivity contribution in [3.63, 3.8) is 0 Å². The molecule has 0 fully saturated rings. The van der Waals surface area contributed by atoms with Gasteiger partial charge in [-0.25, -0.2) is 4.79 Å². The highest BCUT2D eigenvalue weighted by molar-refractivity contribution is 5.72. The van der Waals surface area contributed by atoms with E-state index in [4.69, 9.17) is 14.9 Å². The maximum absolute atomic E-state index is 10.5. The lowest BCUT2D eigenvalue weighted by atomic mass is 10.0. The molecular formula is C27H52O4. The van der Waals surface area contributed by atoms with Gasteiger partial charge in [-0.15, -0.1) is 0 Å². The Morgan fingerprint density at radius 1 is 0.677 bits per heavy atom. The van der Waals surface area contributed by atoms with E-state index in [1.807, 2.05) is 6.08 Å². The SMILES string of the molecule is CCCOCCCCCCCCCCCCCCCCCCCC=CCC(O)C(=O)O. The minimum Gasteiger partial charge on any atom is -0.479 e. The van der Waals surface area contributed by atoms with Crippen LogP contribution in [-0.4, -0.2) is 35.5 Å². The maximum Gasteiger partial charge on any atom is 0.332 e. The number of carboxylic acids is 1. The van der Waals surface area contributed by atoms with Crippen LogP contribution in [0, 0.1) is 0 Å². The molecule has 0 aliphatic rings. The number of hydrogen-bond donors (Lipinski definition) is 2. The molecule has 0 aliphatic heterocycles. The van der Waals surface area contributed by atoms with E-state index in [-0.39, 0.29) is 6.42 Å². The maximum atomic E-state index is 10.5. The Morgan fingerprint density at radius 3 is 1.52 bits per heavy atom. The third-order valence-electron chi connectivity index (χ3n) is 5.82. The number of hydrogen-bond acceptors (Lipinski definition) is 3. The quantitative estimate of drug-likeness (QED) is 0.112. The molecule has 0 amide bonds. The highest BCUT2D eigenvalue weighted by Crippen LogP contribution is 2.14. The zero-order valence-corrected chi connectivity index (χ0v) is 20.5. The lowest BCUT2D eigenvalue weighted by Crippen LogP contribution is -2.17. The first-order valence-corrected chi connectivity index (χ1v) is 13.3. The number of aliphatic hydroxyl groups excluding tert-OH is 1. The molecule has 0 aromatic carbocycles. The Balaban J connectivity index is 3.09. The summed E-state index contributed by atoms with van der Waals surface area (Å²) >= 11 is 0. The van der Waals surface area contributed by atoms with E-state index >= 15 is 0 Å². The van der Waals surface area contributed by atoms with Crippen LogP contribution >= 0.6 is 0 Å². The molecule has 0 saturated heterocycles. The van der Waals surface area contributed by atoms with Crippen molar-refractivity contribution in [2.75, 3.05) is 13.2 Å². The van der Waals surface area contributed by atoms with Crippen LogP contribution in [0.3, 0.4) is 0 Å². The van der Waals surface area contributed by atoms with Gasteiger partial charge >= 0.3 is 5.97 Å². The minimum atomic E-state index is -1.26. The van der Waals surface area contributed by atoms with Gasteiger partial charge in [0.05, 0.1) is 0 Å². The van der Waals surface area contributed by atoms with Gasteiger partial charge in [0.1, 0.15) is 0 Å². The first-order chi connectivity index (χ1) is 15.2. The molecule has 0 rings (SSSR count). The van der Waals surface area contributed by atoms with Gasteiger partial charge in [-0.05, 0) is 25.7 Å². The topological polar surface area (TPSA) is 66.8 Å². The average molecular weight is 441 g/mol. The van der Waals surface area contributed by atoms with Crippen molar-refractivity contribution in [3.8, 4) is 0 Å². The average Bonchev–Trinajstić information content (AvgIpc) is 2.76. The summed E-state index contributed by atoms with van der Waals surface area (Å²) in [6.07, 6.45) is 27.9. The predicted molar refractivity (Wildman–Crippen MR) is 132 cm³/mol. The largest absolute Gasteiger partial charge is 0.479 e. The van der Waals surface area contributed by atoms with Crippen molar-refractivity contribution >= 4 is 5.97 Å². The van der Waals surface area contributed by atoms with Crippen molar-refractivity contribution < 1.29 is 19.7 Å². The molecule has 0 aromatic rings. The van der Waals surface area contributed by atoms with E-state index in [0.717, 1.165) is 32.5 Å². The molecule has 184 valence electrons. The van der Waals surface area contributed by atoms with Crippen LogP contribution in [-0.2, 0) is 9.53 Å². The zero-order chi connectivity index (χ0) is 22.8. The van der Waals surface area contributed by atoms with Crippen LogP contribution in [0.25, 0.3) is 0 Å². The molecule has 0 spiro atoms. The fourth-order valence-corrected chi connectivity index (χ4v) is 3.81. The van der Waals surface area contributed by atoms with Gasteiger partial charge in [0.15, 0.2) is 6.10 Å². The Morgan fingerprint density at radius 2 is 1.10 bits per heavy atom. The minimum absolute atomic E-state index is 0.213. The van der Waals surface area contributed by atoms with Crippen molar-refractivity contribution in [1.82, 2.24) is 0 Å². The Hall–Kier alpha value is -0.870. The Kier molecular flexibility index (Phi) is 24.7. The smallest absolute Gasteiger partial charge is 0.332 e. The first kappa shape index (κ1) is 30.1. The van der Waals surface area contributed by atoms with Crippen molar-refractivity contribution in [2.24, 2.45) is 0 Å². The third-order valence-corrected chi connectivity index (χ3v) is 5.82. The lowest BCUT2D eigenvalue weighted by Gasteiger charge is -2.04. The monoisotopic (exact) mass is 440 g/mol. The molecule has 0 bridgehead atoms. The molecule has 0 heterocycles. The number of rotatable bonds is 25. The van der Waals surface area contributed by atoms with E-state index in [2.05, 4.69) is 6.92 Å². The van der Waals surface area contributed by atoms with Crippen molar-refractivity contribution in [2.45, 2.75) is 141 Å². The highest BCUT2D eigenvalue weighted by Gasteiger charge is 2.09. The molecule has 0 aromatic heterocycles. The summed E-state index contributed by atoms with van der Waals surface area (Å²) in [5.41, 5.74) is 0. The summed E-state index contributed by atoms with van der Waals surface area (Å²) < 4.78 is 5.51. The van der Waals surface area contributed by atoms with Crippen molar-refractivity contribution in [3.05, 3.63) is 12.2 Å². The second-order valence-corrected chi connectivity index (χ2v) is 8.97. The van der Waals surface area contributed by atoms with Gasteiger partial charge in [-0.1, -0.05) is 115 Å². The van der Waals surface area contributed by atoms with Gasteiger partial charge in [0, 0.05) is 19.6 Å². The van der Waals surface area contributed by atoms with Gasteiger partial charge in [0.25, 0.3) is 0 Å². The summed E-state index contributed by atoms with van der Waals surface area (Å²) in [4.78, 5) is 10.5. The van der Waals surface area contributed by atoms with E-state index < -0.39 is 12.1 Å². The van der Waals surface area contributed by atoms with Crippen LogP contribution in [0.4, 0.5) is 0 Å². The summed E-state index contributed by atoms with van der Waals surface area (Å²) in [5, 5.41) is 17.7. The summed E-state index contributed by atoms with van der Waals surface area (Å²) in [7, 11) is 0. The second kappa shape index (κ2) is 25.4. The molecule has 0 saturated carbocycles. The Labute approximate surface area is 192 Å². The number of aliphatic carboxylic acids is 1. The van der Waals surface area contributed by atoms with E-state index in [1.54, 1.807) is 6.08 Å². The normalized spacial score (nSPS) is 12.6. The van der Waals surface area contributed by atoms with Gasteiger partial charge in [-0.2, -0.15) is 0 Å². The van der Waals surface area contributed by atoms with E-state index in [9.17, 15) is 4.79 Å². The molecule has 4 heteroatoms. The van der Waals surface area contributed by atoms with Crippen LogP contribution < -0.4 is 0 Å².